The lowest BCUT2D eigenvalue weighted by molar-refractivity contribution is -0.0821. The van der Waals surface area contributed by atoms with E-state index in [1.165, 1.54) is 0 Å². The van der Waals surface area contributed by atoms with Crippen molar-refractivity contribution in [3.05, 3.63) is 0 Å². The summed E-state index contributed by atoms with van der Waals surface area (Å²) in [6.07, 6.45) is 0. The molecule has 48 valence electrons. The van der Waals surface area contributed by atoms with E-state index in [0.717, 1.165) is 0 Å². The van der Waals surface area contributed by atoms with Crippen molar-refractivity contribution >= 4 is 11.6 Å². The van der Waals surface area contributed by atoms with Crippen LogP contribution in [0, 0.1) is 0 Å². The number of hydrogen-bond acceptors (Lipinski definition) is 2. The normalized spacial score (nSPS) is 33.0. The number of alkyl halides is 1. The number of morpholine rings is 1. The zero-order valence-corrected chi connectivity index (χ0v) is 5.07. The predicted molar refractivity (Wildman–Crippen MR) is 28.3 cm³/mol. The molecule has 4 heteroatoms. The van der Waals surface area contributed by atoms with Gasteiger partial charge in [-0.2, -0.15) is 0 Å². The van der Waals surface area contributed by atoms with Gasteiger partial charge < -0.3 is 4.74 Å². The van der Waals surface area contributed by atoms with Crippen LogP contribution in [0.4, 0.5) is 4.48 Å². The Morgan fingerprint density at radius 1 is 1.75 bits per heavy atom. The van der Waals surface area contributed by atoms with E-state index in [9.17, 15) is 4.48 Å². The molecule has 0 radical (unpaired) electrons. The minimum atomic E-state index is -0.580. The number of halogens is 2. The maximum Gasteiger partial charge on any atom is 0.137 e. The summed E-state index contributed by atoms with van der Waals surface area (Å²) in [6.45, 7) is 1.02. The average Bonchev–Trinajstić information content (AvgIpc) is 1.77. The van der Waals surface area contributed by atoms with E-state index in [-0.39, 0.29) is 13.2 Å². The van der Waals surface area contributed by atoms with Gasteiger partial charge in [-0.3, -0.25) is 0 Å². The lowest BCUT2D eigenvalue weighted by Gasteiger charge is -2.22. The highest BCUT2D eigenvalue weighted by Crippen LogP contribution is 2.09. The van der Waals surface area contributed by atoms with E-state index in [2.05, 4.69) is 0 Å². The molecule has 1 saturated heterocycles. The molecule has 1 rings (SSSR count). The van der Waals surface area contributed by atoms with E-state index in [0.29, 0.717) is 11.7 Å². The van der Waals surface area contributed by atoms with Gasteiger partial charge in [-0.05, 0) is 0 Å². The van der Waals surface area contributed by atoms with Gasteiger partial charge in [0.1, 0.15) is 5.50 Å². The molecular formula is C4H7ClFNO. The van der Waals surface area contributed by atoms with Crippen LogP contribution < -0.4 is 0 Å². The second-order valence-corrected chi connectivity index (χ2v) is 2.14. The largest absolute Gasteiger partial charge is 0.377 e. The first-order chi connectivity index (χ1) is 3.80. The second-order valence-electron chi connectivity index (χ2n) is 1.63. The molecule has 1 unspecified atom stereocenters. The second kappa shape index (κ2) is 2.62. The average molecular weight is 140 g/mol. The summed E-state index contributed by atoms with van der Waals surface area (Å²) in [5, 5.41) is 0.574. The van der Waals surface area contributed by atoms with E-state index in [1.54, 1.807) is 0 Å². The highest BCUT2D eigenvalue weighted by Gasteiger charge is 2.19. The highest BCUT2D eigenvalue weighted by molar-refractivity contribution is 6.20. The Bertz CT molecular complexity index is 72.4. The Labute approximate surface area is 52.1 Å². The van der Waals surface area contributed by atoms with Crippen LogP contribution in [-0.2, 0) is 4.74 Å². The van der Waals surface area contributed by atoms with Crippen molar-refractivity contribution in [3.63, 3.8) is 0 Å². The van der Waals surface area contributed by atoms with Crippen molar-refractivity contribution in [1.29, 1.82) is 0 Å². The molecule has 0 spiro atoms. The molecule has 1 aliphatic rings. The molecule has 0 aromatic carbocycles. The summed E-state index contributed by atoms with van der Waals surface area (Å²) in [5.41, 5.74) is -0.580. The molecule has 1 aliphatic heterocycles. The molecule has 2 nitrogen and oxygen atoms in total. The van der Waals surface area contributed by atoms with Crippen molar-refractivity contribution in [1.82, 2.24) is 5.12 Å². The summed E-state index contributed by atoms with van der Waals surface area (Å²) >= 11 is 5.39. The maximum atomic E-state index is 12.2. The SMILES string of the molecule is FN1CCOCC1Cl. The zero-order chi connectivity index (χ0) is 5.98. The van der Waals surface area contributed by atoms with Gasteiger partial charge in [-0.15, -0.1) is 21.2 Å². The molecule has 0 amide bonds. The third-order valence-corrected chi connectivity index (χ3v) is 1.35. The Morgan fingerprint density at radius 2 is 2.50 bits per heavy atom. The van der Waals surface area contributed by atoms with Gasteiger partial charge in [0.25, 0.3) is 0 Å². The number of ether oxygens (including phenoxy) is 1. The predicted octanol–water partition coefficient (Wildman–Crippen LogP) is 0.768. The molecule has 1 fully saturated rings. The van der Waals surface area contributed by atoms with Crippen LogP contribution >= 0.6 is 11.6 Å². The number of nitrogens with zero attached hydrogens (tertiary/aromatic N) is 1. The van der Waals surface area contributed by atoms with Gasteiger partial charge >= 0.3 is 0 Å². The topological polar surface area (TPSA) is 12.5 Å². The fraction of sp³-hybridized carbons (Fsp3) is 1.00. The lowest BCUT2D eigenvalue weighted by Crippen LogP contribution is -2.36. The summed E-state index contributed by atoms with van der Waals surface area (Å²) in [4.78, 5) is 0. The Morgan fingerprint density at radius 3 is 2.88 bits per heavy atom. The van der Waals surface area contributed by atoms with Crippen molar-refractivity contribution in [2.24, 2.45) is 0 Å². The van der Waals surface area contributed by atoms with Gasteiger partial charge in [0.15, 0.2) is 0 Å². The molecular weight excluding hydrogens is 133 g/mol. The molecule has 0 N–H and O–H groups in total. The van der Waals surface area contributed by atoms with Gasteiger partial charge in [-0.1, -0.05) is 0 Å². The quantitative estimate of drug-likeness (QED) is 0.279. The Kier molecular flexibility index (Phi) is 2.05. The third kappa shape index (κ3) is 1.31. The molecule has 1 heterocycles. The third-order valence-electron chi connectivity index (χ3n) is 1.01. The van der Waals surface area contributed by atoms with Crippen molar-refractivity contribution in [3.8, 4) is 0 Å². The minimum Gasteiger partial charge on any atom is -0.377 e. The molecule has 0 aliphatic carbocycles. The van der Waals surface area contributed by atoms with Gasteiger partial charge in [0.05, 0.1) is 19.8 Å². The van der Waals surface area contributed by atoms with Gasteiger partial charge in [0.2, 0.25) is 0 Å². The van der Waals surface area contributed by atoms with Crippen LogP contribution in [0.2, 0.25) is 0 Å². The van der Waals surface area contributed by atoms with Crippen LogP contribution in [-0.4, -0.2) is 30.4 Å². The first kappa shape index (κ1) is 6.26. The Balaban J connectivity index is 2.28. The number of hydrogen-bond donors (Lipinski definition) is 0. The van der Waals surface area contributed by atoms with Crippen LogP contribution in [0.5, 0.6) is 0 Å². The van der Waals surface area contributed by atoms with E-state index in [1.807, 2.05) is 0 Å². The highest BCUT2D eigenvalue weighted by atomic mass is 35.5. The number of rotatable bonds is 0. The van der Waals surface area contributed by atoms with Crippen LogP contribution in [0.25, 0.3) is 0 Å². The Hall–Kier alpha value is 0.140. The standard InChI is InChI=1S/C4H7ClFNO/c5-4-3-8-2-1-7(4)6/h4H,1-3H2. The molecule has 1 atom stereocenters. The van der Waals surface area contributed by atoms with Crippen molar-refractivity contribution in [2.75, 3.05) is 19.8 Å². The van der Waals surface area contributed by atoms with Crippen LogP contribution in [0.1, 0.15) is 0 Å². The fourth-order valence-electron chi connectivity index (χ4n) is 0.553. The summed E-state index contributed by atoms with van der Waals surface area (Å²) in [7, 11) is 0. The lowest BCUT2D eigenvalue weighted by atomic mass is 10.5. The summed E-state index contributed by atoms with van der Waals surface area (Å²) in [6, 6.07) is 0. The van der Waals surface area contributed by atoms with E-state index >= 15 is 0 Å². The maximum absolute atomic E-state index is 12.2. The molecule has 8 heavy (non-hydrogen) atoms. The van der Waals surface area contributed by atoms with Gasteiger partial charge in [0, 0.05) is 0 Å². The first-order valence-electron chi connectivity index (χ1n) is 2.45. The molecule has 0 aromatic rings. The molecule has 0 aromatic heterocycles. The van der Waals surface area contributed by atoms with E-state index in [4.69, 9.17) is 16.3 Å². The van der Waals surface area contributed by atoms with Gasteiger partial charge in [-0.25, -0.2) is 0 Å². The molecule has 0 bridgehead atoms. The van der Waals surface area contributed by atoms with Crippen LogP contribution in [0.3, 0.4) is 0 Å². The van der Waals surface area contributed by atoms with Crippen molar-refractivity contribution in [2.45, 2.75) is 5.50 Å². The fourth-order valence-corrected chi connectivity index (χ4v) is 0.740. The first-order valence-corrected chi connectivity index (χ1v) is 2.88. The minimum absolute atomic E-state index is 0.286. The smallest absolute Gasteiger partial charge is 0.137 e. The van der Waals surface area contributed by atoms with Crippen molar-refractivity contribution < 1.29 is 9.22 Å². The monoisotopic (exact) mass is 139 g/mol. The van der Waals surface area contributed by atoms with E-state index < -0.39 is 5.50 Å². The van der Waals surface area contributed by atoms with Crippen LogP contribution in [0.15, 0.2) is 0 Å². The summed E-state index contributed by atoms with van der Waals surface area (Å²) in [5.74, 6) is 0. The zero-order valence-electron chi connectivity index (χ0n) is 4.31. The summed E-state index contributed by atoms with van der Waals surface area (Å²) < 4.78 is 17.0. The molecule has 0 saturated carbocycles.